The zero-order valence-corrected chi connectivity index (χ0v) is 15.2. The van der Waals surface area contributed by atoms with E-state index in [0.717, 1.165) is 10.8 Å². The molecule has 1 fully saturated rings. The Morgan fingerprint density at radius 1 is 1.16 bits per heavy atom. The molecule has 0 bridgehead atoms. The Bertz CT molecular complexity index is 811. The lowest BCUT2D eigenvalue weighted by molar-refractivity contribution is 0.0243. The van der Waals surface area contributed by atoms with Crippen LogP contribution in [-0.2, 0) is 0 Å². The quantitative estimate of drug-likeness (QED) is 0.801. The average Bonchev–Trinajstić information content (AvgIpc) is 2.59. The number of hydrogen-bond donors (Lipinski definition) is 0. The standard InChI is InChI=1S/C19H24N4O2/c1-19(2)13-22(18(25)21(3)4)10-11-23(19)17(24)16-7-5-6-14-12-20-9-8-15(14)16/h5-9,12H,10-11,13H2,1-4H3. The summed E-state index contributed by atoms with van der Waals surface area (Å²) in [6.07, 6.45) is 3.48. The fourth-order valence-electron chi connectivity index (χ4n) is 3.43. The summed E-state index contributed by atoms with van der Waals surface area (Å²) in [6.45, 7) is 5.59. The van der Waals surface area contributed by atoms with Gasteiger partial charge in [-0.15, -0.1) is 0 Å². The zero-order chi connectivity index (χ0) is 18.2. The van der Waals surface area contributed by atoms with Gasteiger partial charge in [-0.3, -0.25) is 9.78 Å². The molecule has 25 heavy (non-hydrogen) atoms. The van der Waals surface area contributed by atoms with Crippen molar-refractivity contribution in [3.8, 4) is 0 Å². The second-order valence-electron chi connectivity index (χ2n) is 7.27. The summed E-state index contributed by atoms with van der Waals surface area (Å²) in [6, 6.07) is 7.56. The van der Waals surface area contributed by atoms with E-state index >= 15 is 0 Å². The summed E-state index contributed by atoms with van der Waals surface area (Å²) in [5.74, 6) is -0.00116. The van der Waals surface area contributed by atoms with E-state index in [4.69, 9.17) is 0 Å². The van der Waals surface area contributed by atoms with Crippen LogP contribution < -0.4 is 0 Å². The number of fused-ring (bicyclic) bond motifs is 1. The van der Waals surface area contributed by atoms with E-state index in [1.54, 1.807) is 36.3 Å². The third kappa shape index (κ3) is 3.16. The molecular weight excluding hydrogens is 316 g/mol. The number of amides is 3. The molecule has 3 rings (SSSR count). The first-order valence-electron chi connectivity index (χ1n) is 8.42. The van der Waals surface area contributed by atoms with Crippen LogP contribution in [0.15, 0.2) is 36.7 Å². The third-order valence-corrected chi connectivity index (χ3v) is 4.71. The van der Waals surface area contributed by atoms with Gasteiger partial charge in [-0.2, -0.15) is 0 Å². The highest BCUT2D eigenvalue weighted by atomic mass is 16.2. The van der Waals surface area contributed by atoms with Crippen molar-refractivity contribution in [3.63, 3.8) is 0 Å². The minimum Gasteiger partial charge on any atom is -0.331 e. The largest absolute Gasteiger partial charge is 0.331 e. The highest BCUT2D eigenvalue weighted by molar-refractivity contribution is 6.07. The highest BCUT2D eigenvalue weighted by Gasteiger charge is 2.39. The van der Waals surface area contributed by atoms with E-state index in [0.29, 0.717) is 25.2 Å². The molecule has 2 aromatic rings. The van der Waals surface area contributed by atoms with Crippen LogP contribution in [0, 0.1) is 0 Å². The first-order chi connectivity index (χ1) is 11.8. The predicted molar refractivity (Wildman–Crippen MR) is 97.5 cm³/mol. The molecule has 0 spiro atoms. The molecule has 0 atom stereocenters. The van der Waals surface area contributed by atoms with Gasteiger partial charge in [-0.05, 0) is 31.4 Å². The molecule has 0 radical (unpaired) electrons. The van der Waals surface area contributed by atoms with Gasteiger partial charge in [0.25, 0.3) is 5.91 Å². The Morgan fingerprint density at radius 2 is 1.92 bits per heavy atom. The summed E-state index contributed by atoms with van der Waals surface area (Å²) in [4.78, 5) is 34.9. The minimum atomic E-state index is -0.434. The molecule has 2 heterocycles. The van der Waals surface area contributed by atoms with Crippen molar-refractivity contribution in [2.45, 2.75) is 19.4 Å². The van der Waals surface area contributed by atoms with Crippen LogP contribution in [-0.4, -0.2) is 70.9 Å². The number of hydrogen-bond acceptors (Lipinski definition) is 3. The topological polar surface area (TPSA) is 56.8 Å². The fraction of sp³-hybridized carbons (Fsp3) is 0.421. The van der Waals surface area contributed by atoms with E-state index in [1.165, 1.54) is 0 Å². The molecule has 6 heteroatoms. The number of carbonyl (C=O) groups is 2. The average molecular weight is 340 g/mol. The van der Waals surface area contributed by atoms with Crippen molar-refractivity contribution in [2.24, 2.45) is 0 Å². The maximum absolute atomic E-state index is 13.2. The lowest BCUT2D eigenvalue weighted by Crippen LogP contribution is -2.63. The second kappa shape index (κ2) is 6.35. The van der Waals surface area contributed by atoms with E-state index in [-0.39, 0.29) is 11.9 Å². The van der Waals surface area contributed by atoms with E-state index < -0.39 is 5.54 Å². The molecule has 1 aliphatic rings. The highest BCUT2D eigenvalue weighted by Crippen LogP contribution is 2.26. The fourth-order valence-corrected chi connectivity index (χ4v) is 3.43. The van der Waals surface area contributed by atoms with Crippen LogP contribution in [0.3, 0.4) is 0 Å². The van der Waals surface area contributed by atoms with Gasteiger partial charge >= 0.3 is 6.03 Å². The van der Waals surface area contributed by atoms with Gasteiger partial charge in [0.15, 0.2) is 0 Å². The van der Waals surface area contributed by atoms with Crippen LogP contribution >= 0.6 is 0 Å². The van der Waals surface area contributed by atoms with Crippen molar-refractivity contribution in [3.05, 3.63) is 42.2 Å². The SMILES string of the molecule is CN(C)C(=O)N1CCN(C(=O)c2cccc3cnccc23)C(C)(C)C1. The molecule has 0 unspecified atom stereocenters. The maximum atomic E-state index is 13.2. The molecule has 0 aliphatic carbocycles. The Hall–Kier alpha value is -2.63. The predicted octanol–water partition coefficient (Wildman–Crippen LogP) is 2.45. The maximum Gasteiger partial charge on any atom is 0.319 e. The molecular formula is C19H24N4O2. The van der Waals surface area contributed by atoms with Crippen molar-refractivity contribution >= 4 is 22.7 Å². The van der Waals surface area contributed by atoms with Gasteiger partial charge < -0.3 is 14.7 Å². The van der Waals surface area contributed by atoms with Crippen LogP contribution in [0.2, 0.25) is 0 Å². The van der Waals surface area contributed by atoms with Crippen LogP contribution in [0.1, 0.15) is 24.2 Å². The lowest BCUT2D eigenvalue weighted by atomic mass is 9.96. The Labute approximate surface area is 148 Å². The van der Waals surface area contributed by atoms with Gasteiger partial charge in [0, 0.05) is 57.1 Å². The van der Waals surface area contributed by atoms with E-state index in [1.807, 2.05) is 43.0 Å². The monoisotopic (exact) mass is 340 g/mol. The number of benzene rings is 1. The summed E-state index contributed by atoms with van der Waals surface area (Å²) in [7, 11) is 3.49. The Morgan fingerprint density at radius 3 is 2.60 bits per heavy atom. The van der Waals surface area contributed by atoms with Gasteiger partial charge in [-0.25, -0.2) is 4.79 Å². The molecule has 1 aliphatic heterocycles. The first-order valence-corrected chi connectivity index (χ1v) is 8.42. The minimum absolute atomic E-state index is 0.00116. The van der Waals surface area contributed by atoms with Crippen LogP contribution in [0.25, 0.3) is 10.8 Å². The summed E-state index contributed by atoms with van der Waals surface area (Å²) < 4.78 is 0. The van der Waals surface area contributed by atoms with Gasteiger partial charge in [0.2, 0.25) is 0 Å². The van der Waals surface area contributed by atoms with Gasteiger partial charge in [0.05, 0.1) is 5.54 Å². The van der Waals surface area contributed by atoms with Crippen molar-refractivity contribution in [1.29, 1.82) is 0 Å². The molecule has 6 nitrogen and oxygen atoms in total. The molecule has 1 aromatic heterocycles. The summed E-state index contributed by atoms with van der Waals surface area (Å²) >= 11 is 0. The molecule has 0 saturated carbocycles. The number of urea groups is 1. The molecule has 132 valence electrons. The number of rotatable bonds is 1. The van der Waals surface area contributed by atoms with Crippen molar-refractivity contribution in [1.82, 2.24) is 19.7 Å². The van der Waals surface area contributed by atoms with Crippen molar-refractivity contribution < 1.29 is 9.59 Å². The van der Waals surface area contributed by atoms with Crippen LogP contribution in [0.4, 0.5) is 4.79 Å². The third-order valence-electron chi connectivity index (χ3n) is 4.71. The molecule has 1 aromatic carbocycles. The number of aromatic nitrogens is 1. The normalized spacial score (nSPS) is 16.8. The first kappa shape index (κ1) is 17.2. The van der Waals surface area contributed by atoms with E-state index in [2.05, 4.69) is 4.98 Å². The Balaban J connectivity index is 1.89. The molecule has 3 amide bonds. The van der Waals surface area contributed by atoms with Gasteiger partial charge in [0.1, 0.15) is 0 Å². The Kier molecular flexibility index (Phi) is 4.37. The lowest BCUT2D eigenvalue weighted by Gasteiger charge is -2.47. The number of piperazine rings is 1. The van der Waals surface area contributed by atoms with E-state index in [9.17, 15) is 9.59 Å². The second-order valence-corrected chi connectivity index (χ2v) is 7.27. The summed E-state index contributed by atoms with van der Waals surface area (Å²) in [5, 5.41) is 1.86. The number of nitrogens with zero attached hydrogens (tertiary/aromatic N) is 4. The summed E-state index contributed by atoms with van der Waals surface area (Å²) in [5.41, 5.74) is 0.247. The van der Waals surface area contributed by atoms with Gasteiger partial charge in [-0.1, -0.05) is 12.1 Å². The molecule has 1 saturated heterocycles. The van der Waals surface area contributed by atoms with Crippen molar-refractivity contribution in [2.75, 3.05) is 33.7 Å². The molecule has 0 N–H and O–H groups in total. The smallest absolute Gasteiger partial charge is 0.319 e. The number of pyridine rings is 1. The number of carbonyl (C=O) groups excluding carboxylic acids is 2. The zero-order valence-electron chi connectivity index (χ0n) is 15.2. The van der Waals surface area contributed by atoms with Crippen LogP contribution in [0.5, 0.6) is 0 Å².